The summed E-state index contributed by atoms with van der Waals surface area (Å²) in [5.41, 5.74) is -0.0467. The zero-order chi connectivity index (χ0) is 12.3. The number of rotatable bonds is 3. The Bertz CT molecular complexity index is 555. The van der Waals surface area contributed by atoms with Crippen molar-refractivity contribution in [1.29, 1.82) is 0 Å². The van der Waals surface area contributed by atoms with Gasteiger partial charge in [0.15, 0.2) is 17.9 Å². The van der Waals surface area contributed by atoms with E-state index in [2.05, 4.69) is 0 Å². The van der Waals surface area contributed by atoms with Crippen LogP contribution in [0.5, 0.6) is 11.5 Å². The van der Waals surface area contributed by atoms with Crippen molar-refractivity contribution in [2.45, 2.75) is 0 Å². The molecule has 2 aromatic carbocycles. The number of carbonyl (C=O) groups excluding carboxylic acids is 1. The van der Waals surface area contributed by atoms with Crippen molar-refractivity contribution >= 4 is 17.9 Å². The highest BCUT2D eigenvalue weighted by molar-refractivity contribution is 6.32. The minimum Gasteiger partial charge on any atom is -0.453 e. The molecule has 0 fully saturated rings. The van der Waals surface area contributed by atoms with Crippen LogP contribution >= 0.6 is 11.6 Å². The first-order valence-corrected chi connectivity index (χ1v) is 5.26. The lowest BCUT2D eigenvalue weighted by Gasteiger charge is -2.08. The van der Waals surface area contributed by atoms with Gasteiger partial charge >= 0.3 is 0 Å². The molecule has 86 valence electrons. The van der Waals surface area contributed by atoms with E-state index in [1.165, 1.54) is 12.1 Å². The van der Waals surface area contributed by atoms with E-state index < -0.39 is 5.82 Å². The molecule has 0 unspecified atom stereocenters. The smallest absolute Gasteiger partial charge is 0.176 e. The van der Waals surface area contributed by atoms with Gasteiger partial charge in [-0.25, -0.2) is 4.39 Å². The summed E-state index contributed by atoms with van der Waals surface area (Å²) in [5, 5.41) is 0.378. The van der Waals surface area contributed by atoms with E-state index >= 15 is 0 Å². The van der Waals surface area contributed by atoms with Gasteiger partial charge in [0.1, 0.15) is 5.75 Å². The summed E-state index contributed by atoms with van der Waals surface area (Å²) < 4.78 is 19.0. The standard InChI is InChI=1S/C13H8ClFO2/c14-10-5-1-2-6-11(10)17-12-7-3-4-9(8-16)13(12)15/h1-8H. The van der Waals surface area contributed by atoms with Gasteiger partial charge in [-0.2, -0.15) is 0 Å². The molecule has 0 spiro atoms. The summed E-state index contributed by atoms with van der Waals surface area (Å²) in [6.07, 6.45) is 0.439. The molecule has 4 heteroatoms. The zero-order valence-electron chi connectivity index (χ0n) is 8.69. The summed E-state index contributed by atoms with van der Waals surface area (Å²) in [6.45, 7) is 0. The molecular formula is C13H8ClFO2. The van der Waals surface area contributed by atoms with Crippen LogP contribution in [-0.2, 0) is 0 Å². The number of carbonyl (C=O) groups is 1. The van der Waals surface area contributed by atoms with Gasteiger partial charge in [0.25, 0.3) is 0 Å². The molecular weight excluding hydrogens is 243 g/mol. The Labute approximate surface area is 103 Å². The molecule has 0 atom stereocenters. The Hall–Kier alpha value is -1.87. The number of aldehydes is 1. The fourth-order valence-electron chi connectivity index (χ4n) is 1.34. The van der Waals surface area contributed by atoms with Crippen molar-refractivity contribution < 1.29 is 13.9 Å². The maximum atomic E-state index is 13.7. The van der Waals surface area contributed by atoms with E-state index in [0.29, 0.717) is 17.1 Å². The third-order valence-corrected chi connectivity index (χ3v) is 2.49. The minimum absolute atomic E-state index is 0.0253. The summed E-state index contributed by atoms with van der Waals surface area (Å²) in [6, 6.07) is 11.1. The van der Waals surface area contributed by atoms with Gasteiger partial charge in [0, 0.05) is 0 Å². The molecule has 0 aliphatic heterocycles. The van der Waals surface area contributed by atoms with Gasteiger partial charge in [0.2, 0.25) is 0 Å². The van der Waals surface area contributed by atoms with Crippen LogP contribution in [0.4, 0.5) is 4.39 Å². The first-order chi connectivity index (χ1) is 8.22. The van der Waals surface area contributed by atoms with Crippen molar-refractivity contribution in [3.05, 3.63) is 58.9 Å². The molecule has 0 saturated carbocycles. The molecule has 0 saturated heterocycles. The molecule has 17 heavy (non-hydrogen) atoms. The molecule has 0 bridgehead atoms. The summed E-state index contributed by atoms with van der Waals surface area (Å²) in [5.74, 6) is -0.374. The fraction of sp³-hybridized carbons (Fsp3) is 0. The summed E-state index contributed by atoms with van der Waals surface area (Å²) in [4.78, 5) is 10.6. The van der Waals surface area contributed by atoms with E-state index in [4.69, 9.17) is 16.3 Å². The van der Waals surface area contributed by atoms with Gasteiger partial charge in [-0.05, 0) is 24.3 Å². The van der Waals surface area contributed by atoms with Crippen LogP contribution in [0.2, 0.25) is 5.02 Å². The first kappa shape index (κ1) is 11.6. The Morgan fingerprint density at radius 3 is 2.47 bits per heavy atom. The third-order valence-electron chi connectivity index (χ3n) is 2.18. The Morgan fingerprint density at radius 2 is 1.76 bits per heavy atom. The van der Waals surface area contributed by atoms with E-state index in [9.17, 15) is 9.18 Å². The number of para-hydroxylation sites is 1. The van der Waals surface area contributed by atoms with Gasteiger partial charge in [0.05, 0.1) is 10.6 Å². The molecule has 2 rings (SSSR count). The maximum Gasteiger partial charge on any atom is 0.176 e. The number of hydrogen-bond acceptors (Lipinski definition) is 2. The highest BCUT2D eigenvalue weighted by Gasteiger charge is 2.10. The lowest BCUT2D eigenvalue weighted by molar-refractivity contribution is 0.111. The second-order valence-electron chi connectivity index (χ2n) is 3.31. The molecule has 0 aliphatic carbocycles. The largest absolute Gasteiger partial charge is 0.453 e. The lowest BCUT2D eigenvalue weighted by Crippen LogP contribution is -1.93. The topological polar surface area (TPSA) is 26.3 Å². The second-order valence-corrected chi connectivity index (χ2v) is 3.72. The van der Waals surface area contributed by atoms with Crippen molar-refractivity contribution in [2.24, 2.45) is 0 Å². The first-order valence-electron chi connectivity index (χ1n) is 4.88. The van der Waals surface area contributed by atoms with Crippen molar-refractivity contribution in [3.8, 4) is 11.5 Å². The van der Waals surface area contributed by atoms with Crippen LogP contribution in [0.25, 0.3) is 0 Å². The lowest BCUT2D eigenvalue weighted by atomic mass is 10.2. The van der Waals surface area contributed by atoms with Crippen molar-refractivity contribution in [2.75, 3.05) is 0 Å². The molecule has 0 aliphatic rings. The highest BCUT2D eigenvalue weighted by Crippen LogP contribution is 2.30. The van der Waals surface area contributed by atoms with Crippen LogP contribution in [0.3, 0.4) is 0 Å². The molecule has 0 radical (unpaired) electrons. The second kappa shape index (κ2) is 4.97. The SMILES string of the molecule is O=Cc1cccc(Oc2ccccc2Cl)c1F. The molecule has 2 nitrogen and oxygen atoms in total. The minimum atomic E-state index is -0.692. The maximum absolute atomic E-state index is 13.7. The van der Waals surface area contributed by atoms with Crippen LogP contribution in [0, 0.1) is 5.82 Å². The zero-order valence-corrected chi connectivity index (χ0v) is 9.45. The Balaban J connectivity index is 2.37. The van der Waals surface area contributed by atoms with Crippen LogP contribution in [0.15, 0.2) is 42.5 Å². The summed E-state index contributed by atoms with van der Waals surface area (Å²) in [7, 11) is 0. The average molecular weight is 251 g/mol. The fourth-order valence-corrected chi connectivity index (χ4v) is 1.52. The van der Waals surface area contributed by atoms with Gasteiger partial charge < -0.3 is 4.74 Å². The van der Waals surface area contributed by atoms with Crippen LogP contribution in [-0.4, -0.2) is 6.29 Å². The quantitative estimate of drug-likeness (QED) is 0.767. The molecule has 0 aromatic heterocycles. The highest BCUT2D eigenvalue weighted by atomic mass is 35.5. The summed E-state index contributed by atoms with van der Waals surface area (Å²) >= 11 is 5.88. The normalized spacial score (nSPS) is 10.0. The van der Waals surface area contributed by atoms with E-state index in [1.54, 1.807) is 30.3 Å². The third kappa shape index (κ3) is 2.45. The Kier molecular flexibility index (Phi) is 3.40. The van der Waals surface area contributed by atoms with E-state index in [0.717, 1.165) is 0 Å². The predicted octanol–water partition coefficient (Wildman–Crippen LogP) is 4.08. The van der Waals surface area contributed by atoms with Crippen LogP contribution < -0.4 is 4.74 Å². The molecule has 0 N–H and O–H groups in total. The molecule has 2 aromatic rings. The van der Waals surface area contributed by atoms with Crippen molar-refractivity contribution in [3.63, 3.8) is 0 Å². The van der Waals surface area contributed by atoms with Gasteiger partial charge in [-0.3, -0.25) is 4.79 Å². The van der Waals surface area contributed by atoms with E-state index in [1.807, 2.05) is 0 Å². The number of benzene rings is 2. The van der Waals surface area contributed by atoms with Crippen LogP contribution in [0.1, 0.15) is 10.4 Å². The van der Waals surface area contributed by atoms with Gasteiger partial charge in [-0.15, -0.1) is 0 Å². The number of hydrogen-bond donors (Lipinski definition) is 0. The molecule has 0 heterocycles. The number of halogens is 2. The van der Waals surface area contributed by atoms with E-state index in [-0.39, 0.29) is 11.3 Å². The predicted molar refractivity (Wildman–Crippen MR) is 63.3 cm³/mol. The van der Waals surface area contributed by atoms with Gasteiger partial charge in [-0.1, -0.05) is 29.8 Å². The molecule has 0 amide bonds. The average Bonchev–Trinajstić information content (AvgIpc) is 2.34. The Morgan fingerprint density at radius 1 is 1.06 bits per heavy atom. The monoisotopic (exact) mass is 250 g/mol. The van der Waals surface area contributed by atoms with Crippen molar-refractivity contribution in [1.82, 2.24) is 0 Å². The number of ether oxygens (including phenoxy) is 1.